The number of hydrogen-bond donors (Lipinski definition) is 0. The zero-order valence-electron chi connectivity index (χ0n) is 46.8. The molecule has 5 heteroatoms. The van der Waals surface area contributed by atoms with E-state index < -0.39 is 0 Å². The smallest absolute Gasteiger partial charge is 0.0110 e. The third kappa shape index (κ3) is 43.8. The Bertz CT molecular complexity index is 849. The molecule has 0 saturated carbocycles. The minimum atomic E-state index is 1.27. The molecule has 0 aromatic heterocycles. The van der Waals surface area contributed by atoms with E-state index in [2.05, 4.69) is 59.1 Å². The predicted molar refractivity (Wildman–Crippen MR) is 300 cm³/mol. The molecule has 1 fully saturated rings. The van der Waals surface area contributed by atoms with Crippen LogP contribution in [0.25, 0.3) is 0 Å². The maximum absolute atomic E-state index is 2.90. The summed E-state index contributed by atoms with van der Waals surface area (Å²) >= 11 is 0. The van der Waals surface area contributed by atoms with E-state index in [1.165, 1.54) is 361 Å². The van der Waals surface area contributed by atoms with E-state index in [1.54, 1.807) is 0 Å². The molecule has 1 rings (SSSR count). The number of unbranched alkanes of at least 4 members (excludes halogenated alkanes) is 36. The molecule has 0 spiro atoms. The molecule has 0 aromatic carbocycles. The zero-order chi connectivity index (χ0) is 47.5. The molecular formula is C61H127N5. The number of hydrogen-bond acceptors (Lipinski definition) is 5. The maximum atomic E-state index is 2.90. The zero-order valence-corrected chi connectivity index (χ0v) is 46.8. The monoisotopic (exact) mass is 930 g/mol. The first-order valence-corrected chi connectivity index (χ1v) is 31.3. The van der Waals surface area contributed by atoms with Gasteiger partial charge in [0.1, 0.15) is 0 Å². The van der Waals surface area contributed by atoms with Gasteiger partial charge in [-0.05, 0) is 64.8 Å². The van der Waals surface area contributed by atoms with Gasteiger partial charge in [-0.25, -0.2) is 0 Å². The number of rotatable bonds is 55. The summed E-state index contributed by atoms with van der Waals surface area (Å²) in [5.41, 5.74) is 0. The molecule has 0 aromatic rings. The first-order valence-electron chi connectivity index (χ1n) is 31.3. The van der Waals surface area contributed by atoms with Crippen molar-refractivity contribution in [3.05, 3.63) is 0 Å². The first kappa shape index (κ1) is 63.8. The predicted octanol–water partition coefficient (Wildman–Crippen LogP) is 17.6. The third-order valence-corrected chi connectivity index (χ3v) is 15.6. The third-order valence-electron chi connectivity index (χ3n) is 15.6. The van der Waals surface area contributed by atoms with Crippen LogP contribution < -0.4 is 0 Å². The lowest BCUT2D eigenvalue weighted by Crippen LogP contribution is -2.50. The molecule has 0 radical (unpaired) electrons. The highest BCUT2D eigenvalue weighted by molar-refractivity contribution is 4.76. The van der Waals surface area contributed by atoms with Crippen molar-refractivity contribution < 1.29 is 0 Å². The first-order chi connectivity index (χ1) is 32.7. The van der Waals surface area contributed by atoms with E-state index in [4.69, 9.17) is 0 Å². The largest absolute Gasteiger partial charge is 0.302 e. The van der Waals surface area contributed by atoms with Gasteiger partial charge in [0.15, 0.2) is 0 Å². The summed E-state index contributed by atoms with van der Waals surface area (Å²) in [6.07, 6.45) is 58.6. The Kier molecular flexibility index (Phi) is 50.9. The fourth-order valence-corrected chi connectivity index (χ4v) is 10.6. The molecule has 1 aliphatic heterocycles. The van der Waals surface area contributed by atoms with Gasteiger partial charge in [-0.2, -0.15) is 0 Å². The molecule has 0 N–H and O–H groups in total. The Morgan fingerprint density at radius 3 is 0.576 bits per heavy atom. The molecule has 0 bridgehead atoms. The van der Waals surface area contributed by atoms with Gasteiger partial charge in [0.25, 0.3) is 0 Å². The Hall–Kier alpha value is -0.200. The Balaban J connectivity index is 2.63. The lowest BCUT2D eigenvalue weighted by atomic mass is 10.1. The van der Waals surface area contributed by atoms with Crippen molar-refractivity contribution >= 4 is 0 Å². The highest BCUT2D eigenvalue weighted by Gasteiger charge is 2.19. The van der Waals surface area contributed by atoms with E-state index in [0.717, 1.165) is 0 Å². The molecule has 0 atom stereocenters. The van der Waals surface area contributed by atoms with Crippen molar-refractivity contribution in [2.45, 2.75) is 298 Å². The Morgan fingerprint density at radius 1 is 0.197 bits per heavy atom. The topological polar surface area (TPSA) is 16.2 Å². The van der Waals surface area contributed by atoms with Crippen molar-refractivity contribution in [1.82, 2.24) is 24.5 Å². The normalized spacial score (nSPS) is 14.0. The molecule has 0 unspecified atom stereocenters. The van der Waals surface area contributed by atoms with Crippen LogP contribution in [0.3, 0.4) is 0 Å². The lowest BCUT2D eigenvalue weighted by Gasteiger charge is -2.37. The van der Waals surface area contributed by atoms with Gasteiger partial charge >= 0.3 is 0 Å². The minimum Gasteiger partial charge on any atom is -0.302 e. The average Bonchev–Trinajstić information content (AvgIpc) is 3.33. The van der Waals surface area contributed by atoms with Crippen LogP contribution in [0.15, 0.2) is 0 Å². The van der Waals surface area contributed by atoms with Gasteiger partial charge in [-0.1, -0.05) is 266 Å². The second kappa shape index (κ2) is 52.6. The van der Waals surface area contributed by atoms with Crippen molar-refractivity contribution in [1.29, 1.82) is 0 Å². The van der Waals surface area contributed by atoms with Crippen LogP contribution in [-0.2, 0) is 0 Å². The fraction of sp³-hybridized carbons (Fsp3) is 1.00. The van der Waals surface area contributed by atoms with Crippen molar-refractivity contribution in [2.75, 3.05) is 98.2 Å². The maximum Gasteiger partial charge on any atom is 0.0110 e. The fourth-order valence-electron chi connectivity index (χ4n) is 10.6. The van der Waals surface area contributed by atoms with Crippen LogP contribution >= 0.6 is 0 Å². The highest BCUT2D eigenvalue weighted by atomic mass is 15.3. The molecule has 66 heavy (non-hydrogen) atoms. The molecule has 0 amide bonds. The van der Waals surface area contributed by atoms with E-state index >= 15 is 0 Å². The second-order valence-corrected chi connectivity index (χ2v) is 21.9. The van der Waals surface area contributed by atoms with Crippen LogP contribution in [-0.4, -0.2) is 123 Å². The van der Waals surface area contributed by atoms with Crippen LogP contribution in [0.1, 0.15) is 298 Å². The van der Waals surface area contributed by atoms with E-state index in [9.17, 15) is 0 Å². The molecule has 396 valence electrons. The summed E-state index contributed by atoms with van der Waals surface area (Å²) in [4.78, 5) is 14.3. The summed E-state index contributed by atoms with van der Waals surface area (Å²) in [6, 6.07) is 0. The molecule has 5 nitrogen and oxygen atoms in total. The Labute approximate surface area is 418 Å². The summed E-state index contributed by atoms with van der Waals surface area (Å²) in [5, 5.41) is 0. The summed E-state index contributed by atoms with van der Waals surface area (Å²) in [6.45, 7) is 31.0. The van der Waals surface area contributed by atoms with E-state index in [1.807, 2.05) is 0 Å². The van der Waals surface area contributed by atoms with Gasteiger partial charge in [-0.3, -0.25) is 9.80 Å². The molecule has 1 saturated heterocycles. The molecule has 1 heterocycles. The van der Waals surface area contributed by atoms with Gasteiger partial charge in [0.2, 0.25) is 0 Å². The SMILES string of the molecule is CCCCCCCCCCCCN(CCCCCCCCCCCC)CCN1CCN(CCN(CCCCCCCCC)CCN(CCCCCCCCC)CCCCCCCCC)CC1. The highest BCUT2D eigenvalue weighted by Crippen LogP contribution is 2.16. The van der Waals surface area contributed by atoms with Gasteiger partial charge in [0.05, 0.1) is 0 Å². The quantitative estimate of drug-likeness (QED) is 0.0563. The van der Waals surface area contributed by atoms with Crippen LogP contribution in [0.4, 0.5) is 0 Å². The van der Waals surface area contributed by atoms with Crippen molar-refractivity contribution in [2.24, 2.45) is 0 Å². The summed E-state index contributed by atoms with van der Waals surface area (Å²) < 4.78 is 0. The van der Waals surface area contributed by atoms with Gasteiger partial charge in [-0.15, -0.1) is 0 Å². The minimum absolute atomic E-state index is 1.27. The van der Waals surface area contributed by atoms with Crippen molar-refractivity contribution in [3.63, 3.8) is 0 Å². The van der Waals surface area contributed by atoms with Crippen LogP contribution in [0, 0.1) is 0 Å². The van der Waals surface area contributed by atoms with Crippen LogP contribution in [0.5, 0.6) is 0 Å². The number of piperazine rings is 1. The standard InChI is InChI=1S/C61H127N5/c1-6-11-16-21-26-28-30-35-40-44-49-63(50-45-41-36-31-29-27-22-17-12-7-2)53-56-65-58-60-66(61-59-65)57-55-64(51-46-39-34-25-20-15-10-5)54-52-62(47-42-37-32-23-18-13-8-3)48-43-38-33-24-19-14-9-4/h6-61H2,1-5H3. The molecule has 1 aliphatic rings. The van der Waals surface area contributed by atoms with E-state index in [-0.39, 0.29) is 0 Å². The van der Waals surface area contributed by atoms with Crippen molar-refractivity contribution in [3.8, 4) is 0 Å². The summed E-state index contributed by atoms with van der Waals surface area (Å²) in [7, 11) is 0. The second-order valence-electron chi connectivity index (χ2n) is 21.9. The van der Waals surface area contributed by atoms with Crippen LogP contribution in [0.2, 0.25) is 0 Å². The molecular weight excluding hydrogens is 803 g/mol. The van der Waals surface area contributed by atoms with E-state index in [0.29, 0.717) is 0 Å². The number of nitrogens with zero attached hydrogens (tertiary/aromatic N) is 5. The Morgan fingerprint density at radius 2 is 0.364 bits per heavy atom. The summed E-state index contributed by atoms with van der Waals surface area (Å²) in [5.74, 6) is 0. The van der Waals surface area contributed by atoms with Gasteiger partial charge < -0.3 is 14.7 Å². The lowest BCUT2D eigenvalue weighted by molar-refractivity contribution is 0.104. The van der Waals surface area contributed by atoms with Gasteiger partial charge in [0, 0.05) is 65.4 Å². The average molecular weight is 931 g/mol. The molecule has 0 aliphatic carbocycles.